The van der Waals surface area contributed by atoms with Gasteiger partial charge in [0.05, 0.1) is 0 Å². The van der Waals surface area contributed by atoms with Gasteiger partial charge >= 0.3 is 0 Å². The summed E-state index contributed by atoms with van der Waals surface area (Å²) in [5.41, 5.74) is 0. The van der Waals surface area contributed by atoms with Gasteiger partial charge in [0.15, 0.2) is 0 Å². The number of unbranched alkanes of at least 4 members (excludes halogenated alkanes) is 10. The third kappa shape index (κ3) is 13.7. The Kier molecular flexibility index (Phi) is 13.5. The molecule has 0 heteroatoms. The molecule has 0 aliphatic carbocycles. The van der Waals surface area contributed by atoms with Crippen molar-refractivity contribution in [2.75, 3.05) is 0 Å². The molecule has 0 N–H and O–H groups in total. The lowest BCUT2D eigenvalue weighted by Gasteiger charge is -2.01. The summed E-state index contributed by atoms with van der Waals surface area (Å²) in [6, 6.07) is 0. The lowest BCUT2D eigenvalue weighted by Crippen LogP contribution is -1.81. The Morgan fingerprint density at radius 3 is 1.60 bits per heavy atom. The largest absolute Gasteiger partial charge is 0.0885 e. The van der Waals surface area contributed by atoms with E-state index < -0.39 is 0 Å². The van der Waals surface area contributed by atoms with Gasteiger partial charge in [-0.15, -0.1) is 0 Å². The average molecular weight is 208 g/mol. The fourth-order valence-electron chi connectivity index (χ4n) is 1.79. The Morgan fingerprint density at radius 1 is 0.667 bits per heavy atom. The first kappa shape index (κ1) is 14.7. The summed E-state index contributed by atoms with van der Waals surface area (Å²) in [6.07, 6.45) is 19.0. The first-order valence-electron chi connectivity index (χ1n) is 6.65. The van der Waals surface area contributed by atoms with Crippen LogP contribution in [0.2, 0.25) is 0 Å². The number of hydrogen-bond donors (Lipinski definition) is 0. The standard InChI is InChI=1S/C15H28/c1-3-5-7-9-11-13-15-14-12-10-8-6-4-2/h3,5H,1-2,4,6-15H2. The predicted octanol–water partition coefficient (Wildman–Crippen LogP) is 5.50. The van der Waals surface area contributed by atoms with Gasteiger partial charge in [0.2, 0.25) is 0 Å². The van der Waals surface area contributed by atoms with Crippen molar-refractivity contribution in [3.05, 3.63) is 26.0 Å². The zero-order chi connectivity index (χ0) is 11.2. The van der Waals surface area contributed by atoms with E-state index in [1.165, 1.54) is 64.2 Å². The smallest absolute Gasteiger partial charge is 0.0316 e. The zero-order valence-corrected chi connectivity index (χ0v) is 10.3. The highest BCUT2D eigenvalue weighted by Gasteiger charge is 1.91. The second kappa shape index (κ2) is 13.7. The van der Waals surface area contributed by atoms with Crippen molar-refractivity contribution < 1.29 is 0 Å². The minimum Gasteiger partial charge on any atom is -0.0885 e. The third-order valence-corrected chi connectivity index (χ3v) is 2.79. The molecule has 88 valence electrons. The summed E-state index contributed by atoms with van der Waals surface area (Å²) in [5, 5.41) is 0. The van der Waals surface area contributed by atoms with Crippen LogP contribution < -0.4 is 0 Å². The van der Waals surface area contributed by atoms with Crippen molar-refractivity contribution in [3.8, 4) is 0 Å². The van der Waals surface area contributed by atoms with Crippen molar-refractivity contribution in [1.29, 1.82) is 0 Å². The van der Waals surface area contributed by atoms with Crippen LogP contribution in [0.4, 0.5) is 0 Å². The SMILES string of the molecule is [CH2]C=CCCCCCCCCCCC[CH2]. The molecule has 0 amide bonds. The summed E-state index contributed by atoms with van der Waals surface area (Å²) in [5.74, 6) is 0. The van der Waals surface area contributed by atoms with Gasteiger partial charge in [-0.3, -0.25) is 0 Å². The minimum absolute atomic E-state index is 1.11. The van der Waals surface area contributed by atoms with Crippen LogP contribution in [0.5, 0.6) is 0 Å². The summed E-state index contributed by atoms with van der Waals surface area (Å²) in [4.78, 5) is 0. The number of hydrogen-bond acceptors (Lipinski definition) is 0. The normalized spacial score (nSPS) is 11.3. The second-order valence-corrected chi connectivity index (χ2v) is 4.30. The quantitative estimate of drug-likeness (QED) is 0.393. The van der Waals surface area contributed by atoms with E-state index in [9.17, 15) is 0 Å². The molecule has 0 aliphatic heterocycles. The maximum absolute atomic E-state index is 3.86. The Morgan fingerprint density at radius 2 is 1.13 bits per heavy atom. The lowest BCUT2D eigenvalue weighted by molar-refractivity contribution is 0.561. The Bertz CT molecular complexity index is 124. The molecule has 0 spiro atoms. The van der Waals surface area contributed by atoms with E-state index in [2.05, 4.69) is 19.9 Å². The van der Waals surface area contributed by atoms with E-state index in [0.717, 1.165) is 6.42 Å². The van der Waals surface area contributed by atoms with Crippen LogP contribution in [-0.4, -0.2) is 0 Å². The molecular weight excluding hydrogens is 180 g/mol. The Balaban J connectivity index is 2.86. The van der Waals surface area contributed by atoms with Gasteiger partial charge in [0, 0.05) is 0 Å². The van der Waals surface area contributed by atoms with Crippen LogP contribution in [0.3, 0.4) is 0 Å². The van der Waals surface area contributed by atoms with Crippen LogP contribution in [0, 0.1) is 13.8 Å². The number of allylic oxidation sites excluding steroid dienone is 2. The lowest BCUT2D eigenvalue weighted by atomic mass is 10.1. The van der Waals surface area contributed by atoms with Gasteiger partial charge in [-0.2, -0.15) is 0 Å². The molecule has 0 rings (SSSR count). The zero-order valence-electron chi connectivity index (χ0n) is 10.3. The second-order valence-electron chi connectivity index (χ2n) is 4.30. The van der Waals surface area contributed by atoms with E-state index in [-0.39, 0.29) is 0 Å². The summed E-state index contributed by atoms with van der Waals surface area (Å²) in [7, 11) is 0. The molecule has 0 aromatic heterocycles. The molecule has 0 unspecified atom stereocenters. The van der Waals surface area contributed by atoms with Crippen LogP contribution in [-0.2, 0) is 0 Å². The Hall–Kier alpha value is -0.260. The van der Waals surface area contributed by atoms with Gasteiger partial charge < -0.3 is 0 Å². The fraction of sp³-hybridized carbons (Fsp3) is 0.733. The monoisotopic (exact) mass is 208 g/mol. The molecule has 0 heterocycles. The van der Waals surface area contributed by atoms with Gasteiger partial charge in [-0.1, -0.05) is 76.9 Å². The van der Waals surface area contributed by atoms with Gasteiger partial charge in [-0.05, 0) is 19.8 Å². The summed E-state index contributed by atoms with van der Waals surface area (Å²) < 4.78 is 0. The van der Waals surface area contributed by atoms with Gasteiger partial charge in [0.25, 0.3) is 0 Å². The molecule has 0 atom stereocenters. The fourth-order valence-corrected chi connectivity index (χ4v) is 1.79. The third-order valence-electron chi connectivity index (χ3n) is 2.79. The van der Waals surface area contributed by atoms with Crippen LogP contribution in [0.25, 0.3) is 0 Å². The van der Waals surface area contributed by atoms with E-state index in [1.807, 2.05) is 6.08 Å². The van der Waals surface area contributed by atoms with Crippen LogP contribution >= 0.6 is 0 Å². The minimum atomic E-state index is 1.11. The van der Waals surface area contributed by atoms with Crippen molar-refractivity contribution in [2.45, 2.75) is 70.6 Å². The van der Waals surface area contributed by atoms with E-state index in [1.54, 1.807) is 0 Å². The van der Waals surface area contributed by atoms with E-state index in [0.29, 0.717) is 0 Å². The van der Waals surface area contributed by atoms with Gasteiger partial charge in [-0.25, -0.2) is 0 Å². The topological polar surface area (TPSA) is 0 Å². The van der Waals surface area contributed by atoms with Crippen molar-refractivity contribution in [2.24, 2.45) is 0 Å². The molecule has 0 aliphatic rings. The maximum Gasteiger partial charge on any atom is -0.0316 e. The molecule has 0 aromatic carbocycles. The van der Waals surface area contributed by atoms with E-state index in [4.69, 9.17) is 0 Å². The molecule has 0 saturated heterocycles. The predicted molar refractivity (Wildman–Crippen MR) is 70.6 cm³/mol. The molecule has 0 bridgehead atoms. The molecule has 0 aromatic rings. The molecular formula is C15H28. The Labute approximate surface area is 97.2 Å². The highest BCUT2D eigenvalue weighted by molar-refractivity contribution is 4.83. The highest BCUT2D eigenvalue weighted by Crippen LogP contribution is 2.11. The number of rotatable bonds is 11. The molecule has 2 radical (unpaired) electrons. The van der Waals surface area contributed by atoms with E-state index >= 15 is 0 Å². The molecule has 0 saturated carbocycles. The molecule has 0 nitrogen and oxygen atoms in total. The summed E-state index contributed by atoms with van der Waals surface area (Å²) >= 11 is 0. The maximum atomic E-state index is 3.86. The molecule has 0 fully saturated rings. The average Bonchev–Trinajstić information content (AvgIpc) is 2.26. The first-order chi connectivity index (χ1) is 7.41. The highest BCUT2D eigenvalue weighted by atomic mass is 14.0. The first-order valence-corrected chi connectivity index (χ1v) is 6.65. The van der Waals surface area contributed by atoms with Crippen LogP contribution in [0.15, 0.2) is 12.2 Å². The van der Waals surface area contributed by atoms with Crippen molar-refractivity contribution in [3.63, 3.8) is 0 Å². The summed E-state index contributed by atoms with van der Waals surface area (Å²) in [6.45, 7) is 7.54. The van der Waals surface area contributed by atoms with Crippen molar-refractivity contribution >= 4 is 0 Å². The molecule has 15 heavy (non-hydrogen) atoms. The van der Waals surface area contributed by atoms with Crippen molar-refractivity contribution in [1.82, 2.24) is 0 Å². The van der Waals surface area contributed by atoms with Crippen LogP contribution in [0.1, 0.15) is 70.6 Å². The van der Waals surface area contributed by atoms with Gasteiger partial charge in [0.1, 0.15) is 0 Å².